The molecule has 3 saturated heterocycles. The van der Waals surface area contributed by atoms with Crippen LogP contribution in [0.1, 0.15) is 25.7 Å². The molecular weight excluding hydrogens is 731 g/mol. The second-order valence-corrected chi connectivity index (χ2v) is 23.1. The molecule has 0 aromatic heterocycles. The summed E-state index contributed by atoms with van der Waals surface area (Å²) < 4.78 is 6.55. The molecule has 0 aliphatic carbocycles. The van der Waals surface area contributed by atoms with Crippen LogP contribution in [-0.2, 0) is 0 Å². The molecule has 110 valence electrons. The van der Waals surface area contributed by atoms with Gasteiger partial charge in [0.2, 0.25) is 0 Å². The molecule has 19 heavy (non-hydrogen) atoms. The van der Waals surface area contributed by atoms with Crippen LogP contribution in [0, 0.1) is 0 Å². The van der Waals surface area contributed by atoms with Crippen LogP contribution in [0.15, 0.2) is 0 Å². The Kier molecular flexibility index (Phi) is 8.19. The van der Waals surface area contributed by atoms with Crippen molar-refractivity contribution >= 4 is 110 Å². The van der Waals surface area contributed by atoms with Gasteiger partial charge < -0.3 is 0 Å². The van der Waals surface area contributed by atoms with Gasteiger partial charge in [-0.25, -0.2) is 0 Å². The topological polar surface area (TPSA) is 0 Å². The summed E-state index contributed by atoms with van der Waals surface area (Å²) in [5, 5.41) is 2.16. The van der Waals surface area contributed by atoms with Crippen LogP contribution in [0.5, 0.6) is 0 Å². The first-order chi connectivity index (χ1) is 9.20. The molecule has 3 aliphatic heterocycles. The Bertz CT molecular complexity index is 268. The summed E-state index contributed by atoms with van der Waals surface area (Å²) in [6.45, 7) is 0. The molecule has 3 rings (SSSR count). The van der Waals surface area contributed by atoms with Crippen molar-refractivity contribution in [3.05, 3.63) is 0 Å². The van der Waals surface area contributed by atoms with Crippen molar-refractivity contribution in [3.8, 4) is 0 Å². The molecule has 0 N–H and O–H groups in total. The van der Waals surface area contributed by atoms with Gasteiger partial charge in [0.05, 0.1) is 0 Å². The molecule has 0 nitrogen and oxygen atoms in total. The van der Waals surface area contributed by atoms with Crippen molar-refractivity contribution in [2.45, 2.75) is 54.6 Å². The molecule has 0 aromatic carbocycles. The standard InChI is InChI=1S/C13H22S2Te4/c16-10(1-8-5-14-8)3-12-13(19-7-18-12)4-11(17)2-9-6-15-9/h8-13,16-17H,1-7H2. The average Bonchev–Trinajstić information content (AvgIpc) is 3.25. The third kappa shape index (κ3) is 6.70. The van der Waals surface area contributed by atoms with Gasteiger partial charge in [0, 0.05) is 0 Å². The first kappa shape index (κ1) is 17.7. The maximum atomic E-state index is 2.21. The number of thioether (sulfide) groups is 2. The Labute approximate surface area is 173 Å². The summed E-state index contributed by atoms with van der Waals surface area (Å²) in [7, 11) is 0. The van der Waals surface area contributed by atoms with Gasteiger partial charge in [-0.05, 0) is 0 Å². The Morgan fingerprint density at radius 3 is 1.63 bits per heavy atom. The van der Waals surface area contributed by atoms with Crippen molar-refractivity contribution < 1.29 is 0 Å². The average molecular weight is 753 g/mol. The van der Waals surface area contributed by atoms with E-state index in [1.54, 1.807) is 28.2 Å². The quantitative estimate of drug-likeness (QED) is 0.277. The Balaban J connectivity index is 1.40. The monoisotopic (exact) mass is 762 g/mol. The van der Waals surface area contributed by atoms with Gasteiger partial charge in [0.15, 0.2) is 0 Å². The second kappa shape index (κ2) is 8.81. The fourth-order valence-electron chi connectivity index (χ4n) is 2.61. The minimum absolute atomic E-state index is 0.439. The van der Waals surface area contributed by atoms with Gasteiger partial charge >= 0.3 is 176 Å². The SMILES string of the molecule is [TeH]C(CC1CS1)CC1[Te]C[Te]C1CC([TeH])CC1CS1. The maximum absolute atomic E-state index is 2.21. The van der Waals surface area contributed by atoms with Crippen LogP contribution in [0.3, 0.4) is 0 Å². The van der Waals surface area contributed by atoms with E-state index in [1.807, 2.05) is 0 Å². The number of hydrogen-bond donors (Lipinski definition) is 0. The van der Waals surface area contributed by atoms with E-state index in [-0.39, 0.29) is 0 Å². The number of rotatable bonds is 8. The summed E-state index contributed by atoms with van der Waals surface area (Å²) in [5.41, 5.74) is 0. The van der Waals surface area contributed by atoms with Crippen molar-refractivity contribution in [3.63, 3.8) is 0 Å². The molecule has 0 amide bonds. The van der Waals surface area contributed by atoms with Crippen molar-refractivity contribution in [2.75, 3.05) is 11.5 Å². The van der Waals surface area contributed by atoms with E-state index in [1.165, 1.54) is 19.4 Å². The van der Waals surface area contributed by atoms with Crippen LogP contribution in [0.4, 0.5) is 0 Å². The predicted molar refractivity (Wildman–Crippen MR) is 96.6 cm³/mol. The summed E-state index contributed by atoms with van der Waals surface area (Å²) in [6.07, 6.45) is 6.43. The predicted octanol–water partition coefficient (Wildman–Crippen LogP) is 2.53. The Morgan fingerprint density at radius 1 is 0.842 bits per heavy atom. The minimum atomic E-state index is 0.439. The third-order valence-electron chi connectivity index (χ3n) is 3.86. The van der Waals surface area contributed by atoms with E-state index in [4.69, 9.17) is 0 Å². The first-order valence-electron chi connectivity index (χ1n) is 7.03. The molecule has 6 unspecified atom stereocenters. The van der Waals surface area contributed by atoms with Crippen molar-refractivity contribution in [2.24, 2.45) is 0 Å². The van der Waals surface area contributed by atoms with Gasteiger partial charge in [-0.3, -0.25) is 0 Å². The third-order valence-corrected chi connectivity index (χ3v) is 21.3. The molecule has 0 radical (unpaired) electrons. The summed E-state index contributed by atoms with van der Waals surface area (Å²) in [5.74, 6) is 2.96. The van der Waals surface area contributed by atoms with Crippen LogP contribution >= 0.6 is 23.5 Å². The van der Waals surface area contributed by atoms with E-state index in [2.05, 4.69) is 68.1 Å². The number of hydrogen-bond acceptors (Lipinski definition) is 2. The van der Waals surface area contributed by atoms with Crippen molar-refractivity contribution in [1.82, 2.24) is 0 Å². The molecule has 3 heterocycles. The van der Waals surface area contributed by atoms with Crippen LogP contribution in [0.25, 0.3) is 0 Å². The molecule has 0 aromatic rings. The van der Waals surface area contributed by atoms with E-state index < -0.39 is 0 Å². The zero-order valence-electron chi connectivity index (χ0n) is 10.9. The van der Waals surface area contributed by atoms with E-state index in [0.717, 1.165) is 18.4 Å². The molecule has 3 aliphatic rings. The Hall–Kier alpha value is 3.86. The molecule has 0 bridgehead atoms. The molecule has 3 fully saturated rings. The normalized spacial score (nSPS) is 40.1. The molecule has 0 saturated carbocycles. The summed E-state index contributed by atoms with van der Waals surface area (Å²) in [6, 6.07) is 0. The van der Waals surface area contributed by atoms with E-state index >= 15 is 0 Å². The van der Waals surface area contributed by atoms with Gasteiger partial charge in [0.1, 0.15) is 0 Å². The summed E-state index contributed by atoms with van der Waals surface area (Å²) in [4.78, 5) is 0. The van der Waals surface area contributed by atoms with Crippen LogP contribution in [-0.4, -0.2) is 108 Å². The zero-order chi connectivity index (χ0) is 13.2. The van der Waals surface area contributed by atoms with Gasteiger partial charge in [-0.2, -0.15) is 0 Å². The van der Waals surface area contributed by atoms with Gasteiger partial charge in [-0.1, -0.05) is 0 Å². The van der Waals surface area contributed by atoms with E-state index in [0.29, 0.717) is 41.8 Å². The van der Waals surface area contributed by atoms with Gasteiger partial charge in [-0.15, -0.1) is 0 Å². The summed E-state index contributed by atoms with van der Waals surface area (Å²) >= 11 is 9.62. The molecular formula is C13H22S2Te4. The van der Waals surface area contributed by atoms with Crippen LogP contribution < -0.4 is 0 Å². The fraction of sp³-hybridized carbons (Fsp3) is 1.00. The van der Waals surface area contributed by atoms with E-state index in [9.17, 15) is 0 Å². The molecule has 6 heteroatoms. The zero-order valence-corrected chi connectivity index (χ0v) is 22.3. The van der Waals surface area contributed by atoms with Gasteiger partial charge in [0.25, 0.3) is 0 Å². The first-order valence-corrected chi connectivity index (χ1v) is 18.1. The van der Waals surface area contributed by atoms with Crippen LogP contribution in [0.2, 0.25) is 18.4 Å². The molecule has 0 spiro atoms. The fourth-order valence-corrected chi connectivity index (χ4v) is 26.5. The molecule has 6 atom stereocenters. The van der Waals surface area contributed by atoms with Crippen molar-refractivity contribution in [1.29, 1.82) is 0 Å². The second-order valence-electron chi connectivity index (χ2n) is 5.69. The Morgan fingerprint density at radius 2 is 1.26 bits per heavy atom.